The average molecular weight is 291 g/mol. The van der Waals surface area contributed by atoms with Gasteiger partial charge in [0.25, 0.3) is 0 Å². The molecule has 112 valence electrons. The molecule has 1 aliphatic heterocycles. The van der Waals surface area contributed by atoms with Gasteiger partial charge in [0.05, 0.1) is 0 Å². The summed E-state index contributed by atoms with van der Waals surface area (Å²) in [6.07, 6.45) is -6.96. The van der Waals surface area contributed by atoms with Crippen LogP contribution in [0.25, 0.3) is 0 Å². The van der Waals surface area contributed by atoms with E-state index in [9.17, 15) is 13.2 Å². The van der Waals surface area contributed by atoms with E-state index in [0.717, 1.165) is 5.56 Å². The number of halogens is 3. The third-order valence-corrected chi connectivity index (χ3v) is 2.95. The molecule has 1 atom stereocenters. The number of aliphatic hydroxyl groups is 1. The fourth-order valence-electron chi connectivity index (χ4n) is 2.01. The van der Waals surface area contributed by atoms with Crippen molar-refractivity contribution in [2.75, 3.05) is 26.8 Å². The van der Waals surface area contributed by atoms with Crippen LogP contribution in [0.15, 0.2) is 18.2 Å². The van der Waals surface area contributed by atoms with Crippen LogP contribution in [0.3, 0.4) is 0 Å². The van der Waals surface area contributed by atoms with E-state index in [-0.39, 0.29) is 6.54 Å². The van der Waals surface area contributed by atoms with Crippen LogP contribution in [-0.4, -0.2) is 49.1 Å². The molecular formula is C13H16F3NO3. The summed E-state index contributed by atoms with van der Waals surface area (Å²) in [5.41, 5.74) is 0.735. The third kappa shape index (κ3) is 3.55. The number of likely N-dealkylation sites (N-methyl/N-ethyl adjacent to an activating group) is 1. The SMILES string of the molecule is CN(Cc1cccc2c1OCCO2)CC(O)C(F)(F)F. The summed E-state index contributed by atoms with van der Waals surface area (Å²) in [5.74, 6) is 1.16. The summed E-state index contributed by atoms with van der Waals surface area (Å²) in [4.78, 5) is 1.39. The zero-order chi connectivity index (χ0) is 14.8. The van der Waals surface area contributed by atoms with Crippen molar-refractivity contribution in [3.8, 4) is 11.5 Å². The standard InChI is InChI=1S/C13H16F3NO3/c1-17(8-11(18)13(14,15)16)7-9-3-2-4-10-12(9)20-6-5-19-10/h2-4,11,18H,5-8H2,1H3. The third-order valence-electron chi connectivity index (χ3n) is 2.95. The minimum absolute atomic E-state index is 0.236. The van der Waals surface area contributed by atoms with E-state index in [0.29, 0.717) is 24.7 Å². The highest BCUT2D eigenvalue weighted by molar-refractivity contribution is 5.47. The van der Waals surface area contributed by atoms with Crippen LogP contribution < -0.4 is 9.47 Å². The molecule has 1 N–H and O–H groups in total. The zero-order valence-electron chi connectivity index (χ0n) is 11.0. The predicted molar refractivity (Wildman–Crippen MR) is 65.8 cm³/mol. The lowest BCUT2D eigenvalue weighted by molar-refractivity contribution is -0.207. The summed E-state index contributed by atoms with van der Waals surface area (Å²) in [7, 11) is 1.51. The highest BCUT2D eigenvalue weighted by Crippen LogP contribution is 2.34. The minimum Gasteiger partial charge on any atom is -0.486 e. The quantitative estimate of drug-likeness (QED) is 0.918. The first-order valence-corrected chi connectivity index (χ1v) is 6.18. The Morgan fingerprint density at radius 3 is 2.70 bits per heavy atom. The fourth-order valence-corrected chi connectivity index (χ4v) is 2.01. The van der Waals surface area contributed by atoms with Gasteiger partial charge in [0.1, 0.15) is 13.2 Å². The summed E-state index contributed by atoms with van der Waals surface area (Å²) >= 11 is 0. The number of ether oxygens (including phenoxy) is 2. The van der Waals surface area contributed by atoms with Gasteiger partial charge < -0.3 is 14.6 Å². The van der Waals surface area contributed by atoms with Crippen molar-refractivity contribution in [2.24, 2.45) is 0 Å². The first kappa shape index (κ1) is 14.9. The van der Waals surface area contributed by atoms with Crippen molar-refractivity contribution >= 4 is 0 Å². The molecule has 0 spiro atoms. The van der Waals surface area contributed by atoms with Gasteiger partial charge in [0.15, 0.2) is 17.6 Å². The highest BCUT2D eigenvalue weighted by atomic mass is 19.4. The van der Waals surface area contributed by atoms with Crippen LogP contribution in [0.4, 0.5) is 13.2 Å². The Hall–Kier alpha value is -1.47. The molecule has 1 aromatic carbocycles. The number of para-hydroxylation sites is 1. The molecule has 4 nitrogen and oxygen atoms in total. The lowest BCUT2D eigenvalue weighted by Crippen LogP contribution is -2.39. The van der Waals surface area contributed by atoms with E-state index in [1.807, 2.05) is 0 Å². The zero-order valence-corrected chi connectivity index (χ0v) is 11.0. The number of hydrogen-bond acceptors (Lipinski definition) is 4. The monoisotopic (exact) mass is 291 g/mol. The second-order valence-corrected chi connectivity index (χ2v) is 4.70. The summed E-state index contributed by atoms with van der Waals surface area (Å²) in [6, 6.07) is 5.28. The molecule has 0 aliphatic carbocycles. The van der Waals surface area contributed by atoms with E-state index >= 15 is 0 Å². The molecule has 1 heterocycles. The Bertz CT molecular complexity index is 465. The fraction of sp³-hybridized carbons (Fsp3) is 0.538. The van der Waals surface area contributed by atoms with Gasteiger partial charge in [0, 0.05) is 18.7 Å². The maximum atomic E-state index is 12.3. The average Bonchev–Trinajstić information content (AvgIpc) is 2.38. The number of aliphatic hydroxyl groups excluding tert-OH is 1. The smallest absolute Gasteiger partial charge is 0.415 e. The number of fused-ring (bicyclic) bond motifs is 1. The second-order valence-electron chi connectivity index (χ2n) is 4.70. The van der Waals surface area contributed by atoms with Crippen LogP contribution in [0, 0.1) is 0 Å². The van der Waals surface area contributed by atoms with Crippen molar-refractivity contribution < 1.29 is 27.8 Å². The summed E-state index contributed by atoms with van der Waals surface area (Å²) in [5, 5.41) is 9.05. The number of alkyl halides is 3. The Kier molecular flexibility index (Phi) is 4.39. The Balaban J connectivity index is 2.03. The topological polar surface area (TPSA) is 41.9 Å². The molecule has 0 aromatic heterocycles. The maximum Gasteiger partial charge on any atom is 0.415 e. The first-order valence-electron chi connectivity index (χ1n) is 6.18. The van der Waals surface area contributed by atoms with Crippen molar-refractivity contribution in [1.82, 2.24) is 4.90 Å². The molecule has 0 saturated carbocycles. The van der Waals surface area contributed by atoms with E-state index in [1.54, 1.807) is 18.2 Å². The van der Waals surface area contributed by atoms with Gasteiger partial charge in [0.2, 0.25) is 0 Å². The van der Waals surface area contributed by atoms with Crippen LogP contribution in [0.5, 0.6) is 11.5 Å². The normalized spacial score (nSPS) is 16.3. The van der Waals surface area contributed by atoms with Crippen molar-refractivity contribution in [3.63, 3.8) is 0 Å². The molecule has 1 unspecified atom stereocenters. The Labute approximate surface area is 114 Å². The molecule has 0 radical (unpaired) electrons. The molecule has 0 bridgehead atoms. The molecule has 7 heteroatoms. The molecule has 20 heavy (non-hydrogen) atoms. The van der Waals surface area contributed by atoms with Gasteiger partial charge in [-0.25, -0.2) is 0 Å². The van der Waals surface area contributed by atoms with Crippen LogP contribution >= 0.6 is 0 Å². The maximum absolute atomic E-state index is 12.3. The molecule has 2 rings (SSSR count). The van der Waals surface area contributed by atoms with E-state index in [2.05, 4.69) is 0 Å². The largest absolute Gasteiger partial charge is 0.486 e. The van der Waals surface area contributed by atoms with Gasteiger partial charge in [-0.2, -0.15) is 13.2 Å². The van der Waals surface area contributed by atoms with Gasteiger partial charge in [-0.15, -0.1) is 0 Å². The molecule has 1 aromatic rings. The lowest BCUT2D eigenvalue weighted by atomic mass is 10.1. The van der Waals surface area contributed by atoms with Crippen LogP contribution in [0.1, 0.15) is 5.56 Å². The number of rotatable bonds is 4. The summed E-state index contributed by atoms with van der Waals surface area (Å²) < 4.78 is 47.8. The van der Waals surface area contributed by atoms with Gasteiger partial charge >= 0.3 is 6.18 Å². The summed E-state index contributed by atoms with van der Waals surface area (Å²) in [6.45, 7) is 0.617. The Morgan fingerprint density at radius 2 is 2.00 bits per heavy atom. The minimum atomic E-state index is -4.61. The highest BCUT2D eigenvalue weighted by Gasteiger charge is 2.38. The second kappa shape index (κ2) is 5.88. The van der Waals surface area contributed by atoms with Crippen molar-refractivity contribution in [1.29, 1.82) is 0 Å². The number of nitrogens with zero attached hydrogens (tertiary/aromatic N) is 1. The number of hydrogen-bond donors (Lipinski definition) is 1. The Morgan fingerprint density at radius 1 is 1.30 bits per heavy atom. The van der Waals surface area contributed by atoms with Crippen LogP contribution in [0.2, 0.25) is 0 Å². The van der Waals surface area contributed by atoms with Gasteiger partial charge in [-0.1, -0.05) is 12.1 Å². The van der Waals surface area contributed by atoms with Gasteiger partial charge in [-0.3, -0.25) is 4.90 Å². The van der Waals surface area contributed by atoms with E-state index < -0.39 is 18.8 Å². The predicted octanol–water partition coefficient (Wildman–Crippen LogP) is 1.81. The molecule has 0 fully saturated rings. The lowest BCUT2D eigenvalue weighted by Gasteiger charge is -2.25. The molecule has 1 aliphatic rings. The number of benzene rings is 1. The van der Waals surface area contributed by atoms with E-state index in [1.165, 1.54) is 11.9 Å². The van der Waals surface area contributed by atoms with Crippen molar-refractivity contribution in [2.45, 2.75) is 18.8 Å². The van der Waals surface area contributed by atoms with Gasteiger partial charge in [-0.05, 0) is 13.1 Å². The van der Waals surface area contributed by atoms with E-state index in [4.69, 9.17) is 14.6 Å². The van der Waals surface area contributed by atoms with Crippen molar-refractivity contribution in [3.05, 3.63) is 23.8 Å². The first-order chi connectivity index (χ1) is 9.38. The van der Waals surface area contributed by atoms with Crippen LogP contribution in [-0.2, 0) is 6.54 Å². The molecule has 0 saturated heterocycles. The molecular weight excluding hydrogens is 275 g/mol. The molecule has 0 amide bonds.